The van der Waals surface area contributed by atoms with Gasteiger partial charge >= 0.3 is 0 Å². The number of aromatic nitrogens is 1. The van der Waals surface area contributed by atoms with E-state index in [0.29, 0.717) is 19.6 Å². The average molecular weight is 361 g/mol. The molecule has 1 unspecified atom stereocenters. The van der Waals surface area contributed by atoms with Crippen LogP contribution in [0.15, 0.2) is 48.8 Å². The molecule has 1 saturated heterocycles. The van der Waals surface area contributed by atoms with Crippen molar-refractivity contribution in [3.8, 4) is 5.75 Å². The smallest absolute Gasteiger partial charge is 0.213 e. The van der Waals surface area contributed by atoms with Crippen LogP contribution in [0.1, 0.15) is 24.0 Å². The summed E-state index contributed by atoms with van der Waals surface area (Å²) in [4.78, 5) is 6.13. The minimum atomic E-state index is -3.46. The topological polar surface area (TPSA) is 85.5 Å². The van der Waals surface area contributed by atoms with E-state index in [9.17, 15) is 8.42 Å². The highest BCUT2D eigenvalue weighted by atomic mass is 32.2. The SMILES string of the molecule is NS(=O)(=O)C1CCCN(Cc2ccc(OCc3ccncc3)cc2)C1. The summed E-state index contributed by atoms with van der Waals surface area (Å²) in [6.07, 6.45) is 5.00. The second kappa shape index (κ2) is 7.95. The van der Waals surface area contributed by atoms with E-state index in [1.165, 1.54) is 0 Å². The molecule has 2 N–H and O–H groups in total. The Bertz CT molecular complexity index is 779. The molecule has 0 bridgehead atoms. The number of likely N-dealkylation sites (tertiary alicyclic amines) is 1. The lowest BCUT2D eigenvalue weighted by molar-refractivity contribution is 0.222. The van der Waals surface area contributed by atoms with Crippen molar-refractivity contribution < 1.29 is 13.2 Å². The summed E-state index contributed by atoms with van der Waals surface area (Å²) in [6, 6.07) is 11.8. The number of pyridine rings is 1. The van der Waals surface area contributed by atoms with Crippen LogP contribution in [-0.4, -0.2) is 36.6 Å². The van der Waals surface area contributed by atoms with Gasteiger partial charge in [0.25, 0.3) is 0 Å². The fourth-order valence-corrected chi connectivity index (χ4v) is 3.93. The molecule has 2 aromatic rings. The van der Waals surface area contributed by atoms with Gasteiger partial charge in [-0.2, -0.15) is 0 Å². The third-order valence-electron chi connectivity index (χ3n) is 4.41. The van der Waals surface area contributed by atoms with E-state index in [1.54, 1.807) is 12.4 Å². The van der Waals surface area contributed by atoms with Gasteiger partial charge in [0.2, 0.25) is 10.0 Å². The lowest BCUT2D eigenvalue weighted by Crippen LogP contribution is -2.44. The van der Waals surface area contributed by atoms with Gasteiger partial charge < -0.3 is 4.74 Å². The Morgan fingerprint density at radius 2 is 1.84 bits per heavy atom. The third-order valence-corrected chi connectivity index (χ3v) is 5.73. The van der Waals surface area contributed by atoms with Gasteiger partial charge in [-0.1, -0.05) is 12.1 Å². The zero-order valence-corrected chi connectivity index (χ0v) is 14.9. The van der Waals surface area contributed by atoms with Gasteiger partial charge in [0, 0.05) is 25.5 Å². The summed E-state index contributed by atoms with van der Waals surface area (Å²) in [5.41, 5.74) is 2.20. The maximum absolute atomic E-state index is 11.5. The Morgan fingerprint density at radius 1 is 1.12 bits per heavy atom. The summed E-state index contributed by atoms with van der Waals surface area (Å²) in [6.45, 7) is 2.62. The van der Waals surface area contributed by atoms with E-state index >= 15 is 0 Å². The molecule has 1 aromatic heterocycles. The fraction of sp³-hybridized carbons (Fsp3) is 0.389. The first-order valence-electron chi connectivity index (χ1n) is 8.35. The number of ether oxygens (including phenoxy) is 1. The molecule has 6 nitrogen and oxygen atoms in total. The number of sulfonamides is 1. The van der Waals surface area contributed by atoms with Crippen LogP contribution in [0.2, 0.25) is 0 Å². The van der Waals surface area contributed by atoms with Gasteiger partial charge in [-0.25, -0.2) is 13.6 Å². The highest BCUT2D eigenvalue weighted by Crippen LogP contribution is 2.19. The van der Waals surface area contributed by atoms with Crippen LogP contribution in [0.25, 0.3) is 0 Å². The quantitative estimate of drug-likeness (QED) is 0.849. The molecule has 0 amide bonds. The van der Waals surface area contributed by atoms with Crippen molar-refractivity contribution in [1.82, 2.24) is 9.88 Å². The van der Waals surface area contributed by atoms with Crippen LogP contribution in [0.4, 0.5) is 0 Å². The first-order valence-corrected chi connectivity index (χ1v) is 9.96. The minimum absolute atomic E-state index is 0.454. The molecule has 3 rings (SSSR count). The van der Waals surface area contributed by atoms with Crippen molar-refractivity contribution >= 4 is 10.0 Å². The van der Waals surface area contributed by atoms with Gasteiger partial charge in [0.15, 0.2) is 0 Å². The van der Waals surface area contributed by atoms with E-state index in [-0.39, 0.29) is 0 Å². The lowest BCUT2D eigenvalue weighted by atomic mass is 10.1. The van der Waals surface area contributed by atoms with Crippen LogP contribution >= 0.6 is 0 Å². The molecular weight excluding hydrogens is 338 g/mol. The molecule has 0 aliphatic carbocycles. The van der Waals surface area contributed by atoms with Gasteiger partial charge in [0.1, 0.15) is 12.4 Å². The van der Waals surface area contributed by atoms with Crippen LogP contribution in [-0.2, 0) is 23.2 Å². The minimum Gasteiger partial charge on any atom is -0.489 e. The second-order valence-corrected chi connectivity index (χ2v) is 8.22. The molecule has 0 saturated carbocycles. The Kier molecular flexibility index (Phi) is 5.67. The molecule has 1 aliphatic heterocycles. The molecule has 1 fully saturated rings. The van der Waals surface area contributed by atoms with Crippen molar-refractivity contribution in [1.29, 1.82) is 0 Å². The van der Waals surface area contributed by atoms with Gasteiger partial charge in [0.05, 0.1) is 5.25 Å². The highest BCUT2D eigenvalue weighted by molar-refractivity contribution is 7.89. The lowest BCUT2D eigenvalue weighted by Gasteiger charge is -2.31. The maximum atomic E-state index is 11.5. The molecule has 1 atom stereocenters. The van der Waals surface area contributed by atoms with Gasteiger partial charge in [-0.15, -0.1) is 0 Å². The molecular formula is C18H23N3O3S. The molecule has 25 heavy (non-hydrogen) atoms. The Morgan fingerprint density at radius 3 is 2.52 bits per heavy atom. The molecule has 2 heterocycles. The van der Waals surface area contributed by atoms with Crippen LogP contribution in [0, 0.1) is 0 Å². The monoisotopic (exact) mass is 361 g/mol. The number of nitrogens with two attached hydrogens (primary N) is 1. The molecule has 0 spiro atoms. The first-order chi connectivity index (χ1) is 12.0. The van der Waals surface area contributed by atoms with Gasteiger partial charge in [-0.05, 0) is 54.8 Å². The van der Waals surface area contributed by atoms with E-state index in [4.69, 9.17) is 9.88 Å². The van der Waals surface area contributed by atoms with Crippen LogP contribution in [0.3, 0.4) is 0 Å². The van der Waals surface area contributed by atoms with Crippen molar-refractivity contribution in [2.24, 2.45) is 5.14 Å². The summed E-state index contributed by atoms with van der Waals surface area (Å²) >= 11 is 0. The van der Waals surface area contributed by atoms with Crippen LogP contribution < -0.4 is 9.88 Å². The van der Waals surface area contributed by atoms with Crippen LogP contribution in [0.5, 0.6) is 5.75 Å². The molecule has 0 radical (unpaired) electrons. The highest BCUT2D eigenvalue weighted by Gasteiger charge is 2.27. The number of rotatable bonds is 6. The zero-order chi connectivity index (χ0) is 17.7. The summed E-state index contributed by atoms with van der Waals surface area (Å²) in [5.74, 6) is 0.807. The third kappa shape index (κ3) is 5.26. The van der Waals surface area contributed by atoms with E-state index in [2.05, 4.69) is 9.88 Å². The predicted octanol–water partition coefficient (Wildman–Crippen LogP) is 1.91. The summed E-state index contributed by atoms with van der Waals surface area (Å²) in [7, 11) is -3.46. The number of hydrogen-bond donors (Lipinski definition) is 1. The second-order valence-electron chi connectivity index (χ2n) is 6.38. The average Bonchev–Trinajstić information content (AvgIpc) is 2.62. The van der Waals surface area contributed by atoms with Crippen molar-refractivity contribution in [3.63, 3.8) is 0 Å². The van der Waals surface area contributed by atoms with E-state index in [1.807, 2.05) is 36.4 Å². The number of primary sulfonamides is 1. The van der Waals surface area contributed by atoms with Gasteiger partial charge in [-0.3, -0.25) is 9.88 Å². The van der Waals surface area contributed by atoms with E-state index in [0.717, 1.165) is 36.4 Å². The predicted molar refractivity (Wildman–Crippen MR) is 96.4 cm³/mol. The van der Waals surface area contributed by atoms with Crippen molar-refractivity contribution in [2.45, 2.75) is 31.2 Å². The normalized spacial score (nSPS) is 18.8. The Hall–Kier alpha value is -1.96. The molecule has 1 aromatic carbocycles. The molecule has 7 heteroatoms. The number of nitrogens with zero attached hydrogens (tertiary/aromatic N) is 2. The molecule has 134 valence electrons. The first kappa shape index (κ1) is 17.8. The number of piperidine rings is 1. The van der Waals surface area contributed by atoms with Crippen molar-refractivity contribution in [3.05, 3.63) is 59.9 Å². The summed E-state index contributed by atoms with van der Waals surface area (Å²) in [5, 5.41) is 4.84. The number of benzene rings is 1. The number of hydrogen-bond acceptors (Lipinski definition) is 5. The maximum Gasteiger partial charge on any atom is 0.213 e. The zero-order valence-electron chi connectivity index (χ0n) is 14.0. The van der Waals surface area contributed by atoms with E-state index < -0.39 is 15.3 Å². The van der Waals surface area contributed by atoms with Crippen molar-refractivity contribution in [2.75, 3.05) is 13.1 Å². The molecule has 1 aliphatic rings. The largest absolute Gasteiger partial charge is 0.489 e. The fourth-order valence-electron chi connectivity index (χ4n) is 3.02. The Balaban J connectivity index is 1.54. The Labute approximate surface area is 148 Å². The standard InChI is InChI=1S/C18H23N3O3S/c19-25(22,23)18-2-1-11-21(13-18)12-15-3-5-17(6-4-15)24-14-16-7-9-20-10-8-16/h3-10,18H,1-2,11-14H2,(H2,19,22,23). The summed E-state index contributed by atoms with van der Waals surface area (Å²) < 4.78 is 28.9.